The van der Waals surface area contributed by atoms with Crippen LogP contribution in [0.2, 0.25) is 0 Å². The fraction of sp³-hybridized carbons (Fsp3) is 0.300. The molecule has 1 unspecified atom stereocenters. The molecule has 1 aliphatic heterocycles. The second-order valence-corrected chi connectivity index (χ2v) is 10.4. The third-order valence-electron chi connectivity index (χ3n) is 4.01. The van der Waals surface area contributed by atoms with Crippen LogP contribution in [0.3, 0.4) is 0 Å². The number of hydrogen-bond acceptors (Lipinski definition) is 3. The van der Waals surface area contributed by atoms with Crippen LogP contribution in [-0.2, 0) is 13.6 Å². The quantitative estimate of drug-likeness (QED) is 0.517. The summed E-state index contributed by atoms with van der Waals surface area (Å²) in [6, 6.07) is 18.5. The average molecular weight is 421 g/mol. The standard InChI is InChI=1S/C20H23O3PSe/c1-3-22-24(21)15-9-14-19(25-18-13-8-7-10-16(18)2)20(23-24)17-11-5-4-6-12-17/h4-8,10-13H,3,9,14-15H2,1-2H3. The van der Waals surface area contributed by atoms with Crippen LogP contribution in [0, 0.1) is 6.92 Å². The Morgan fingerprint density at radius 2 is 1.84 bits per heavy atom. The van der Waals surface area contributed by atoms with Crippen molar-refractivity contribution in [1.82, 2.24) is 0 Å². The van der Waals surface area contributed by atoms with E-state index in [1.165, 1.54) is 14.5 Å². The number of aryl methyl sites for hydroxylation is 1. The van der Waals surface area contributed by atoms with Crippen molar-refractivity contribution in [3.05, 3.63) is 70.2 Å². The van der Waals surface area contributed by atoms with Gasteiger partial charge in [0.05, 0.1) is 0 Å². The van der Waals surface area contributed by atoms with E-state index < -0.39 is 7.60 Å². The van der Waals surface area contributed by atoms with Crippen molar-refractivity contribution >= 4 is 32.8 Å². The minimum atomic E-state index is -3.08. The van der Waals surface area contributed by atoms with Gasteiger partial charge in [0.1, 0.15) is 0 Å². The molecule has 0 saturated carbocycles. The van der Waals surface area contributed by atoms with Crippen molar-refractivity contribution in [3.63, 3.8) is 0 Å². The van der Waals surface area contributed by atoms with Gasteiger partial charge < -0.3 is 0 Å². The predicted octanol–water partition coefficient (Wildman–Crippen LogP) is 4.73. The summed E-state index contributed by atoms with van der Waals surface area (Å²) in [7, 11) is -3.08. The molecule has 3 rings (SSSR count). The van der Waals surface area contributed by atoms with E-state index in [0.29, 0.717) is 12.8 Å². The first kappa shape index (κ1) is 18.5. The van der Waals surface area contributed by atoms with Crippen LogP contribution in [0.15, 0.2) is 59.1 Å². The second-order valence-electron chi connectivity index (χ2n) is 5.93. The molecule has 1 heterocycles. The molecule has 132 valence electrons. The van der Waals surface area contributed by atoms with Crippen LogP contribution >= 0.6 is 7.60 Å². The van der Waals surface area contributed by atoms with Crippen molar-refractivity contribution < 1.29 is 13.6 Å². The molecule has 0 N–H and O–H groups in total. The van der Waals surface area contributed by atoms with Gasteiger partial charge in [-0.1, -0.05) is 0 Å². The van der Waals surface area contributed by atoms with Crippen molar-refractivity contribution in [1.29, 1.82) is 0 Å². The summed E-state index contributed by atoms with van der Waals surface area (Å²) in [5, 5.41) is 0. The van der Waals surface area contributed by atoms with E-state index in [9.17, 15) is 4.57 Å². The van der Waals surface area contributed by atoms with E-state index >= 15 is 0 Å². The molecule has 0 amide bonds. The van der Waals surface area contributed by atoms with Crippen molar-refractivity contribution in [3.8, 4) is 0 Å². The Hall–Kier alpha value is -1.31. The summed E-state index contributed by atoms with van der Waals surface area (Å²) in [5.41, 5.74) is 2.27. The Balaban J connectivity index is 2.03. The SMILES string of the molecule is CCOP1(=O)CCCC([Se]c2ccccc2C)=C(c2ccccc2)O1. The Kier molecular flexibility index (Phi) is 6.19. The van der Waals surface area contributed by atoms with Crippen molar-refractivity contribution in [2.75, 3.05) is 12.8 Å². The number of hydrogen-bond donors (Lipinski definition) is 0. The van der Waals surface area contributed by atoms with Crippen LogP contribution in [0.25, 0.3) is 5.76 Å². The second kappa shape index (κ2) is 8.38. The molecule has 1 atom stereocenters. The molecule has 0 bridgehead atoms. The zero-order valence-corrected chi connectivity index (χ0v) is 17.2. The van der Waals surface area contributed by atoms with E-state index in [2.05, 4.69) is 31.2 Å². The molecule has 0 fully saturated rings. The number of benzene rings is 2. The van der Waals surface area contributed by atoms with Crippen molar-refractivity contribution in [2.24, 2.45) is 0 Å². The van der Waals surface area contributed by atoms with Crippen LogP contribution in [0.5, 0.6) is 0 Å². The molecule has 0 saturated heterocycles. The molecule has 5 heteroatoms. The van der Waals surface area contributed by atoms with Gasteiger partial charge in [-0.05, 0) is 0 Å². The first-order chi connectivity index (χ1) is 12.1. The molecule has 0 radical (unpaired) electrons. The van der Waals surface area contributed by atoms with Gasteiger partial charge in [0.2, 0.25) is 0 Å². The van der Waals surface area contributed by atoms with Gasteiger partial charge >= 0.3 is 156 Å². The Morgan fingerprint density at radius 3 is 2.56 bits per heavy atom. The molecule has 0 spiro atoms. The topological polar surface area (TPSA) is 35.5 Å². The summed E-state index contributed by atoms with van der Waals surface area (Å²) >= 11 is 0.137. The third-order valence-corrected chi connectivity index (χ3v) is 8.74. The Bertz CT molecular complexity index is 802. The molecule has 1 aliphatic rings. The van der Waals surface area contributed by atoms with E-state index in [1.54, 1.807) is 0 Å². The summed E-state index contributed by atoms with van der Waals surface area (Å²) in [6.07, 6.45) is 2.21. The summed E-state index contributed by atoms with van der Waals surface area (Å²) in [4.78, 5) is 0. The average Bonchev–Trinajstić information content (AvgIpc) is 2.77. The minimum absolute atomic E-state index is 0.137. The van der Waals surface area contributed by atoms with Crippen LogP contribution in [-0.4, -0.2) is 27.7 Å². The Labute approximate surface area is 156 Å². The maximum atomic E-state index is 13.0. The Morgan fingerprint density at radius 1 is 1.12 bits per heavy atom. The normalized spacial score (nSPS) is 20.9. The predicted molar refractivity (Wildman–Crippen MR) is 104 cm³/mol. The van der Waals surface area contributed by atoms with Gasteiger partial charge in [-0.25, -0.2) is 0 Å². The van der Waals surface area contributed by atoms with Gasteiger partial charge in [-0.3, -0.25) is 0 Å². The zero-order valence-electron chi connectivity index (χ0n) is 14.6. The van der Waals surface area contributed by atoms with Gasteiger partial charge in [-0.2, -0.15) is 0 Å². The van der Waals surface area contributed by atoms with Gasteiger partial charge in [0, 0.05) is 0 Å². The van der Waals surface area contributed by atoms with Gasteiger partial charge in [0.25, 0.3) is 0 Å². The zero-order chi connectivity index (χ0) is 17.7. The molecular formula is C20H23O3PSe. The molecule has 0 aromatic heterocycles. The van der Waals surface area contributed by atoms with Crippen molar-refractivity contribution in [2.45, 2.75) is 26.7 Å². The van der Waals surface area contributed by atoms with E-state index in [4.69, 9.17) is 9.05 Å². The molecule has 2 aromatic rings. The molecule has 25 heavy (non-hydrogen) atoms. The molecule has 0 aliphatic carbocycles. The van der Waals surface area contributed by atoms with E-state index in [-0.39, 0.29) is 15.0 Å². The fourth-order valence-corrected chi connectivity index (χ4v) is 7.01. The number of rotatable bonds is 5. The van der Waals surface area contributed by atoms with E-state index in [0.717, 1.165) is 24.2 Å². The summed E-state index contributed by atoms with van der Waals surface area (Å²) < 4.78 is 27.2. The van der Waals surface area contributed by atoms with E-state index in [1.807, 2.05) is 37.3 Å². The first-order valence-corrected chi connectivity index (χ1v) is 12.0. The molecule has 2 aromatic carbocycles. The van der Waals surface area contributed by atoms with Gasteiger partial charge in [-0.15, -0.1) is 0 Å². The molecular weight excluding hydrogens is 398 g/mol. The number of allylic oxidation sites excluding steroid dienone is 1. The monoisotopic (exact) mass is 422 g/mol. The van der Waals surface area contributed by atoms with Gasteiger partial charge in [0.15, 0.2) is 0 Å². The van der Waals surface area contributed by atoms with Crippen LogP contribution in [0.1, 0.15) is 30.9 Å². The molecule has 3 nitrogen and oxygen atoms in total. The summed E-state index contributed by atoms with van der Waals surface area (Å²) in [6.45, 7) is 4.40. The summed E-state index contributed by atoms with van der Waals surface area (Å²) in [5.74, 6) is 0.762. The maximum absolute atomic E-state index is 13.0. The third kappa shape index (κ3) is 4.65. The van der Waals surface area contributed by atoms with Crippen LogP contribution in [0.4, 0.5) is 0 Å². The fourth-order valence-electron chi connectivity index (χ4n) is 2.77. The van der Waals surface area contributed by atoms with Crippen LogP contribution < -0.4 is 4.46 Å². The first-order valence-electron chi connectivity index (χ1n) is 8.56.